The van der Waals surface area contributed by atoms with Crippen molar-refractivity contribution in [3.05, 3.63) is 10.5 Å². The fourth-order valence-electron chi connectivity index (χ4n) is 1.16. The second-order valence-corrected chi connectivity index (χ2v) is 4.55. The zero-order valence-corrected chi connectivity index (χ0v) is 9.94. The molecule has 6 heteroatoms. The average Bonchev–Trinajstić information content (AvgIpc) is 2.50. The second kappa shape index (κ2) is 5.92. The van der Waals surface area contributed by atoms with Crippen molar-refractivity contribution in [1.29, 1.82) is 0 Å². The first-order valence-electron chi connectivity index (χ1n) is 4.67. The molecule has 1 rings (SSSR count). The summed E-state index contributed by atoms with van der Waals surface area (Å²) in [5.41, 5.74) is 0. The van der Waals surface area contributed by atoms with Crippen LogP contribution in [0, 0.1) is 0 Å². The highest BCUT2D eigenvalue weighted by molar-refractivity contribution is 7.14. The smallest absolute Gasteiger partial charge is 0.303 e. The van der Waals surface area contributed by atoms with Crippen LogP contribution in [0.3, 0.4) is 0 Å². The normalized spacial score (nSPS) is 12.4. The lowest BCUT2D eigenvalue weighted by Crippen LogP contribution is -2.15. The molecule has 1 aromatic rings. The van der Waals surface area contributed by atoms with Crippen LogP contribution >= 0.6 is 22.9 Å². The molecule has 0 spiro atoms. The van der Waals surface area contributed by atoms with Crippen LogP contribution in [0.25, 0.3) is 0 Å². The van der Waals surface area contributed by atoms with Gasteiger partial charge in [-0.1, -0.05) is 11.6 Å². The Labute approximate surface area is 97.3 Å². The first-order valence-corrected chi connectivity index (χ1v) is 5.93. The molecule has 0 bridgehead atoms. The minimum atomic E-state index is -0.750. The molecular weight excluding hydrogens is 236 g/mol. The van der Waals surface area contributed by atoms with E-state index in [4.69, 9.17) is 16.7 Å². The Morgan fingerprint density at radius 3 is 3.07 bits per heavy atom. The highest BCUT2D eigenvalue weighted by atomic mass is 35.5. The third kappa shape index (κ3) is 4.99. The van der Waals surface area contributed by atoms with Gasteiger partial charge < -0.3 is 10.4 Å². The van der Waals surface area contributed by atoms with Gasteiger partial charge in [0.2, 0.25) is 0 Å². The van der Waals surface area contributed by atoms with E-state index in [-0.39, 0.29) is 12.5 Å². The Morgan fingerprint density at radius 2 is 2.53 bits per heavy atom. The number of nitrogens with one attached hydrogen (secondary N) is 1. The number of nitrogens with zero attached hydrogens (tertiary/aromatic N) is 1. The van der Waals surface area contributed by atoms with E-state index in [1.165, 1.54) is 11.3 Å². The lowest BCUT2D eigenvalue weighted by molar-refractivity contribution is -0.137. The molecule has 0 aliphatic rings. The van der Waals surface area contributed by atoms with E-state index in [0.29, 0.717) is 11.6 Å². The van der Waals surface area contributed by atoms with E-state index in [2.05, 4.69) is 10.3 Å². The molecule has 0 aliphatic carbocycles. The van der Waals surface area contributed by atoms with Crippen LogP contribution in [0.5, 0.6) is 0 Å². The number of aliphatic carboxylic acids is 1. The van der Waals surface area contributed by atoms with E-state index < -0.39 is 5.97 Å². The van der Waals surface area contributed by atoms with Crippen molar-refractivity contribution in [1.82, 2.24) is 4.98 Å². The quantitative estimate of drug-likeness (QED) is 0.813. The molecule has 1 heterocycles. The number of hydrogen-bond acceptors (Lipinski definition) is 4. The largest absolute Gasteiger partial charge is 0.481 e. The number of anilines is 1. The van der Waals surface area contributed by atoms with Crippen LogP contribution < -0.4 is 5.32 Å². The van der Waals surface area contributed by atoms with Crippen LogP contribution in [0.2, 0.25) is 5.15 Å². The monoisotopic (exact) mass is 248 g/mol. The minimum Gasteiger partial charge on any atom is -0.481 e. The molecular formula is C9H13ClN2O2S. The Bertz CT molecular complexity index is 330. The summed E-state index contributed by atoms with van der Waals surface area (Å²) in [5.74, 6) is -0.750. The van der Waals surface area contributed by atoms with Crippen molar-refractivity contribution >= 4 is 34.0 Å². The Balaban J connectivity index is 2.24. The molecule has 2 N–H and O–H groups in total. The summed E-state index contributed by atoms with van der Waals surface area (Å²) < 4.78 is 0. The minimum absolute atomic E-state index is 0.213. The van der Waals surface area contributed by atoms with E-state index in [1.54, 1.807) is 5.38 Å². The number of aromatic nitrogens is 1. The molecule has 1 atom stereocenters. The Kier molecular flexibility index (Phi) is 4.84. The predicted octanol–water partition coefficient (Wildman–Crippen LogP) is 2.85. The fraction of sp³-hybridized carbons (Fsp3) is 0.556. The van der Waals surface area contributed by atoms with Crippen LogP contribution in [-0.4, -0.2) is 22.1 Å². The maximum atomic E-state index is 10.3. The Hall–Kier alpha value is -0.810. The topological polar surface area (TPSA) is 62.2 Å². The van der Waals surface area contributed by atoms with Gasteiger partial charge in [-0.25, -0.2) is 4.98 Å². The van der Waals surface area contributed by atoms with Gasteiger partial charge >= 0.3 is 5.97 Å². The molecule has 0 fully saturated rings. The number of carboxylic acid groups (broad SMARTS) is 1. The molecule has 4 nitrogen and oxygen atoms in total. The highest BCUT2D eigenvalue weighted by Gasteiger charge is 2.06. The molecule has 1 aromatic heterocycles. The van der Waals surface area contributed by atoms with E-state index in [9.17, 15) is 4.79 Å². The van der Waals surface area contributed by atoms with E-state index in [0.717, 1.165) is 11.6 Å². The van der Waals surface area contributed by atoms with Crippen molar-refractivity contribution < 1.29 is 9.90 Å². The van der Waals surface area contributed by atoms with Crippen molar-refractivity contribution in [3.63, 3.8) is 0 Å². The van der Waals surface area contributed by atoms with Crippen molar-refractivity contribution in [3.8, 4) is 0 Å². The molecule has 1 unspecified atom stereocenters. The second-order valence-electron chi connectivity index (χ2n) is 3.31. The zero-order valence-electron chi connectivity index (χ0n) is 8.36. The summed E-state index contributed by atoms with van der Waals surface area (Å²) >= 11 is 7.12. The Morgan fingerprint density at radius 1 is 1.80 bits per heavy atom. The summed E-state index contributed by atoms with van der Waals surface area (Å²) in [6, 6.07) is 0.214. The van der Waals surface area contributed by atoms with Gasteiger partial charge in [0.15, 0.2) is 5.13 Å². The molecule has 0 saturated carbocycles. The first-order chi connectivity index (χ1) is 7.08. The van der Waals surface area contributed by atoms with Crippen molar-refractivity contribution in [2.45, 2.75) is 32.2 Å². The molecule has 0 saturated heterocycles. The first kappa shape index (κ1) is 12.3. The van der Waals surface area contributed by atoms with Gasteiger partial charge in [-0.15, -0.1) is 11.3 Å². The summed E-state index contributed by atoms with van der Waals surface area (Å²) in [6.07, 6.45) is 1.69. The maximum Gasteiger partial charge on any atom is 0.303 e. The summed E-state index contributed by atoms with van der Waals surface area (Å²) in [7, 11) is 0. The van der Waals surface area contributed by atoms with Gasteiger partial charge in [0.1, 0.15) is 5.15 Å². The molecule has 84 valence electrons. The van der Waals surface area contributed by atoms with E-state index >= 15 is 0 Å². The van der Waals surface area contributed by atoms with Crippen LogP contribution in [0.4, 0.5) is 5.13 Å². The summed E-state index contributed by atoms with van der Waals surface area (Å²) in [4.78, 5) is 14.3. The number of thiazole rings is 1. The van der Waals surface area contributed by atoms with Crippen molar-refractivity contribution in [2.24, 2.45) is 0 Å². The highest BCUT2D eigenvalue weighted by Crippen LogP contribution is 2.20. The average molecular weight is 249 g/mol. The molecule has 0 amide bonds. The van der Waals surface area contributed by atoms with Gasteiger partial charge in [-0.3, -0.25) is 4.79 Å². The van der Waals surface area contributed by atoms with Crippen LogP contribution in [-0.2, 0) is 4.79 Å². The van der Waals surface area contributed by atoms with Crippen LogP contribution in [0.15, 0.2) is 5.38 Å². The number of carbonyl (C=O) groups is 1. The zero-order chi connectivity index (χ0) is 11.3. The van der Waals surface area contributed by atoms with E-state index in [1.807, 2.05) is 6.92 Å². The van der Waals surface area contributed by atoms with Crippen molar-refractivity contribution in [2.75, 3.05) is 5.32 Å². The molecule has 0 aromatic carbocycles. The SMILES string of the molecule is CC(CCCC(=O)O)Nc1nc(Cl)cs1. The summed E-state index contributed by atoms with van der Waals surface area (Å²) in [6.45, 7) is 2.00. The van der Waals surface area contributed by atoms with Gasteiger partial charge in [-0.05, 0) is 19.8 Å². The lowest BCUT2D eigenvalue weighted by atomic mass is 10.1. The number of halogens is 1. The van der Waals surface area contributed by atoms with Gasteiger partial charge in [0, 0.05) is 17.8 Å². The molecule has 0 aliphatic heterocycles. The molecule has 0 radical (unpaired) electrons. The maximum absolute atomic E-state index is 10.3. The molecule has 15 heavy (non-hydrogen) atoms. The number of rotatable bonds is 6. The third-order valence-corrected chi connectivity index (χ3v) is 2.97. The van der Waals surface area contributed by atoms with Gasteiger partial charge in [0.05, 0.1) is 0 Å². The number of hydrogen-bond donors (Lipinski definition) is 2. The number of carboxylic acids is 1. The standard InChI is InChI=1S/C9H13ClN2O2S/c1-6(3-2-4-8(13)14)11-9-12-7(10)5-15-9/h5-6H,2-4H2,1H3,(H,11,12)(H,13,14). The predicted molar refractivity (Wildman–Crippen MR) is 61.7 cm³/mol. The fourth-order valence-corrected chi connectivity index (χ4v) is 2.11. The van der Waals surface area contributed by atoms with Crippen LogP contribution in [0.1, 0.15) is 26.2 Å². The third-order valence-electron chi connectivity index (χ3n) is 1.87. The van der Waals surface area contributed by atoms with Gasteiger partial charge in [-0.2, -0.15) is 0 Å². The van der Waals surface area contributed by atoms with Gasteiger partial charge in [0.25, 0.3) is 0 Å². The summed E-state index contributed by atoms with van der Waals surface area (Å²) in [5, 5.41) is 14.7. The lowest BCUT2D eigenvalue weighted by Gasteiger charge is -2.11.